The molecular formula is C13H18ClNO2. The third-order valence-corrected chi connectivity index (χ3v) is 3.52. The van der Waals surface area contributed by atoms with Gasteiger partial charge in [-0.1, -0.05) is 30.7 Å². The molecule has 0 aromatic heterocycles. The summed E-state index contributed by atoms with van der Waals surface area (Å²) < 4.78 is 0. The van der Waals surface area contributed by atoms with Gasteiger partial charge in [-0.3, -0.25) is 9.69 Å². The zero-order chi connectivity index (χ0) is 13.1. The topological polar surface area (TPSA) is 40.5 Å². The molecule has 1 atom stereocenters. The fourth-order valence-electron chi connectivity index (χ4n) is 2.17. The van der Waals surface area contributed by atoms with Gasteiger partial charge < -0.3 is 5.11 Å². The maximum Gasteiger partial charge on any atom is 0.305 e. The van der Waals surface area contributed by atoms with Crippen LogP contribution < -0.4 is 0 Å². The monoisotopic (exact) mass is 255 g/mol. The van der Waals surface area contributed by atoms with Crippen molar-refractivity contribution in [1.82, 2.24) is 4.90 Å². The van der Waals surface area contributed by atoms with Crippen LogP contribution in [0.3, 0.4) is 0 Å². The Morgan fingerprint density at radius 3 is 2.24 bits per heavy atom. The van der Waals surface area contributed by atoms with Crippen LogP contribution in [0.5, 0.6) is 0 Å². The van der Waals surface area contributed by atoms with Gasteiger partial charge in [0.2, 0.25) is 0 Å². The molecule has 1 unspecified atom stereocenters. The Balaban J connectivity index is 3.21. The van der Waals surface area contributed by atoms with E-state index in [2.05, 4.69) is 0 Å². The smallest absolute Gasteiger partial charge is 0.305 e. The first-order chi connectivity index (χ1) is 7.92. The van der Waals surface area contributed by atoms with Crippen LogP contribution in [0.15, 0.2) is 24.3 Å². The lowest BCUT2D eigenvalue weighted by Gasteiger charge is -2.38. The Hall–Kier alpha value is -1.06. The molecule has 0 aliphatic carbocycles. The highest BCUT2D eigenvalue weighted by Gasteiger charge is 2.35. The molecule has 0 aliphatic heterocycles. The predicted molar refractivity (Wildman–Crippen MR) is 69.4 cm³/mol. The Morgan fingerprint density at radius 2 is 1.88 bits per heavy atom. The molecule has 1 rings (SSSR count). The van der Waals surface area contributed by atoms with E-state index in [1.54, 1.807) is 12.1 Å². The van der Waals surface area contributed by atoms with Crippen LogP contribution in [0, 0.1) is 0 Å². The molecule has 17 heavy (non-hydrogen) atoms. The van der Waals surface area contributed by atoms with Gasteiger partial charge in [0.05, 0.1) is 12.0 Å². The molecule has 1 aromatic rings. The van der Waals surface area contributed by atoms with Crippen LogP contribution in [0.2, 0.25) is 5.02 Å². The maximum atomic E-state index is 11.1. The number of benzene rings is 1. The van der Waals surface area contributed by atoms with Gasteiger partial charge in [-0.2, -0.15) is 0 Å². The summed E-state index contributed by atoms with van der Waals surface area (Å²) in [5.74, 6) is -0.796. The summed E-state index contributed by atoms with van der Waals surface area (Å²) in [5.41, 5.74) is 0.507. The number of carbonyl (C=O) groups is 1. The summed E-state index contributed by atoms with van der Waals surface area (Å²) in [6, 6.07) is 7.39. The number of rotatable bonds is 5. The summed E-state index contributed by atoms with van der Waals surface area (Å²) >= 11 is 5.86. The van der Waals surface area contributed by atoms with Crippen molar-refractivity contribution in [2.75, 3.05) is 14.1 Å². The fourth-order valence-corrected chi connectivity index (χ4v) is 2.30. The minimum absolute atomic E-state index is 0.0815. The molecule has 0 amide bonds. The molecule has 0 saturated carbocycles. The van der Waals surface area contributed by atoms with Crippen LogP contribution in [-0.2, 0) is 10.3 Å². The molecule has 0 spiro atoms. The summed E-state index contributed by atoms with van der Waals surface area (Å²) in [6.07, 6.45) is 0.812. The van der Waals surface area contributed by atoms with Crippen LogP contribution in [0.25, 0.3) is 0 Å². The first kappa shape index (κ1) is 14.0. The third-order valence-electron chi connectivity index (χ3n) is 3.27. The lowest BCUT2D eigenvalue weighted by atomic mass is 9.83. The van der Waals surface area contributed by atoms with Crippen LogP contribution in [0.4, 0.5) is 0 Å². The van der Waals surface area contributed by atoms with E-state index in [0.29, 0.717) is 5.02 Å². The van der Waals surface area contributed by atoms with Gasteiger partial charge >= 0.3 is 5.97 Å². The van der Waals surface area contributed by atoms with Crippen molar-refractivity contribution < 1.29 is 9.90 Å². The van der Waals surface area contributed by atoms with Crippen molar-refractivity contribution in [1.29, 1.82) is 0 Å². The molecule has 0 bridgehead atoms. The second-order valence-corrected chi connectivity index (χ2v) is 4.79. The molecule has 4 heteroatoms. The zero-order valence-electron chi connectivity index (χ0n) is 10.4. The highest BCUT2D eigenvalue weighted by molar-refractivity contribution is 6.30. The van der Waals surface area contributed by atoms with Crippen molar-refractivity contribution in [3.63, 3.8) is 0 Å². The van der Waals surface area contributed by atoms with E-state index in [-0.39, 0.29) is 6.42 Å². The van der Waals surface area contributed by atoms with Gasteiger partial charge in [0.25, 0.3) is 0 Å². The second-order valence-electron chi connectivity index (χ2n) is 4.36. The SMILES string of the molecule is CCC(CC(=O)O)(c1ccc(Cl)cc1)N(C)C. The van der Waals surface area contributed by atoms with E-state index in [0.717, 1.165) is 12.0 Å². The van der Waals surface area contributed by atoms with Crippen LogP contribution >= 0.6 is 11.6 Å². The minimum Gasteiger partial charge on any atom is -0.481 e. The summed E-state index contributed by atoms with van der Waals surface area (Å²) in [7, 11) is 3.81. The van der Waals surface area contributed by atoms with E-state index < -0.39 is 11.5 Å². The Kier molecular flexibility index (Phi) is 4.54. The first-order valence-electron chi connectivity index (χ1n) is 5.57. The predicted octanol–water partition coefficient (Wildman–Crippen LogP) is 2.98. The maximum absolute atomic E-state index is 11.1. The fraction of sp³-hybridized carbons (Fsp3) is 0.462. The van der Waals surface area contributed by atoms with E-state index >= 15 is 0 Å². The average molecular weight is 256 g/mol. The lowest BCUT2D eigenvalue weighted by molar-refractivity contribution is -0.140. The Labute approximate surface area is 107 Å². The highest BCUT2D eigenvalue weighted by atomic mass is 35.5. The Morgan fingerprint density at radius 1 is 1.35 bits per heavy atom. The molecule has 1 aromatic carbocycles. The molecule has 0 aliphatic rings. The molecule has 1 N–H and O–H groups in total. The summed E-state index contributed by atoms with van der Waals surface area (Å²) in [6.45, 7) is 2.00. The van der Waals surface area contributed by atoms with E-state index in [4.69, 9.17) is 16.7 Å². The van der Waals surface area contributed by atoms with Gasteiger partial charge in [-0.15, -0.1) is 0 Å². The quantitative estimate of drug-likeness (QED) is 0.879. The first-order valence-corrected chi connectivity index (χ1v) is 5.95. The molecule has 3 nitrogen and oxygen atoms in total. The largest absolute Gasteiger partial charge is 0.481 e. The number of carboxylic acids is 1. The van der Waals surface area contributed by atoms with E-state index in [9.17, 15) is 4.79 Å². The van der Waals surface area contributed by atoms with Crippen molar-refractivity contribution in [3.05, 3.63) is 34.9 Å². The standard InChI is InChI=1S/C13H18ClNO2/c1-4-13(15(2)3,9-12(16)17)10-5-7-11(14)8-6-10/h5-8H,4,9H2,1-3H3,(H,16,17). The normalized spacial score (nSPS) is 14.6. The number of hydrogen-bond acceptors (Lipinski definition) is 2. The van der Waals surface area contributed by atoms with E-state index in [1.807, 2.05) is 38.1 Å². The van der Waals surface area contributed by atoms with Crippen molar-refractivity contribution in [2.24, 2.45) is 0 Å². The zero-order valence-corrected chi connectivity index (χ0v) is 11.2. The van der Waals surface area contributed by atoms with Crippen molar-refractivity contribution >= 4 is 17.6 Å². The number of aliphatic carboxylic acids is 1. The van der Waals surface area contributed by atoms with E-state index in [1.165, 1.54) is 0 Å². The van der Waals surface area contributed by atoms with Gasteiger partial charge in [0.15, 0.2) is 0 Å². The lowest BCUT2D eigenvalue weighted by Crippen LogP contribution is -2.42. The Bertz CT molecular complexity index is 389. The minimum atomic E-state index is -0.796. The van der Waals surface area contributed by atoms with Crippen molar-refractivity contribution in [3.8, 4) is 0 Å². The molecule has 0 radical (unpaired) electrons. The second kappa shape index (κ2) is 5.52. The number of halogens is 1. The van der Waals surface area contributed by atoms with Crippen LogP contribution in [0.1, 0.15) is 25.3 Å². The van der Waals surface area contributed by atoms with Crippen molar-refractivity contribution in [2.45, 2.75) is 25.3 Å². The summed E-state index contributed by atoms with van der Waals surface area (Å²) in [5, 5.41) is 9.75. The third kappa shape index (κ3) is 2.99. The highest BCUT2D eigenvalue weighted by Crippen LogP contribution is 2.34. The van der Waals surface area contributed by atoms with Gasteiger partial charge in [-0.25, -0.2) is 0 Å². The van der Waals surface area contributed by atoms with Gasteiger partial charge in [-0.05, 0) is 38.2 Å². The summed E-state index contributed by atoms with van der Waals surface area (Å²) in [4.78, 5) is 13.0. The van der Waals surface area contributed by atoms with Crippen LogP contribution in [-0.4, -0.2) is 30.1 Å². The number of nitrogens with zero attached hydrogens (tertiary/aromatic N) is 1. The molecule has 0 heterocycles. The molecule has 0 saturated heterocycles. The molecule has 0 fully saturated rings. The number of hydrogen-bond donors (Lipinski definition) is 1. The molecule has 94 valence electrons. The number of carboxylic acid groups (broad SMARTS) is 1. The van der Waals surface area contributed by atoms with Gasteiger partial charge in [0.1, 0.15) is 0 Å². The average Bonchev–Trinajstić information content (AvgIpc) is 2.26. The molecular weight excluding hydrogens is 238 g/mol. The van der Waals surface area contributed by atoms with Gasteiger partial charge in [0, 0.05) is 5.02 Å².